The van der Waals surface area contributed by atoms with Crippen molar-refractivity contribution in [3.8, 4) is 0 Å². The number of carbonyl (C=O) groups is 1. The molecule has 1 aromatic carbocycles. The summed E-state index contributed by atoms with van der Waals surface area (Å²) >= 11 is 0. The van der Waals surface area contributed by atoms with E-state index in [4.69, 9.17) is 10.5 Å². The summed E-state index contributed by atoms with van der Waals surface area (Å²) in [5.41, 5.74) is 8.26. The van der Waals surface area contributed by atoms with E-state index in [0.717, 1.165) is 36.8 Å². The number of esters is 1. The first-order chi connectivity index (χ1) is 12.6. The molecule has 140 valence electrons. The number of methoxy groups -OCH3 is 1. The van der Waals surface area contributed by atoms with E-state index in [9.17, 15) is 4.79 Å². The number of benzene rings is 1. The van der Waals surface area contributed by atoms with E-state index < -0.39 is 0 Å². The van der Waals surface area contributed by atoms with Gasteiger partial charge in [0.2, 0.25) is 0 Å². The predicted octanol–water partition coefficient (Wildman–Crippen LogP) is 1.10. The van der Waals surface area contributed by atoms with E-state index in [-0.39, 0.29) is 24.6 Å². The summed E-state index contributed by atoms with van der Waals surface area (Å²) < 4.78 is 6.26. The molecule has 0 amide bonds. The van der Waals surface area contributed by atoms with Gasteiger partial charge in [-0.3, -0.25) is 4.79 Å². The Hall–Kier alpha value is -2.32. The van der Waals surface area contributed by atoms with Crippen molar-refractivity contribution in [3.05, 3.63) is 41.2 Å². The van der Waals surface area contributed by atoms with E-state index in [0.29, 0.717) is 11.9 Å². The minimum Gasteiger partial charge on any atom is -0.468 e. The van der Waals surface area contributed by atoms with Gasteiger partial charge in [0.25, 0.3) is 0 Å². The lowest BCUT2D eigenvalue weighted by Gasteiger charge is -2.30. The minimum absolute atomic E-state index is 0.0155. The van der Waals surface area contributed by atoms with E-state index in [1.807, 2.05) is 6.07 Å². The second-order valence-electron chi connectivity index (χ2n) is 6.90. The van der Waals surface area contributed by atoms with Crippen LogP contribution in [0.25, 0.3) is 0 Å². The number of ether oxygens (including phenoxy) is 1. The molecule has 3 N–H and O–H groups in total. The van der Waals surface area contributed by atoms with Crippen LogP contribution >= 0.6 is 0 Å². The van der Waals surface area contributed by atoms with Crippen LogP contribution in [0.3, 0.4) is 0 Å². The highest BCUT2D eigenvalue weighted by molar-refractivity contribution is 5.68. The van der Waals surface area contributed by atoms with Crippen LogP contribution in [-0.4, -0.2) is 45.4 Å². The Morgan fingerprint density at radius 1 is 1.38 bits per heavy atom. The quantitative estimate of drug-likeness (QED) is 0.745. The third-order valence-corrected chi connectivity index (χ3v) is 4.87. The van der Waals surface area contributed by atoms with Crippen LogP contribution in [0.5, 0.6) is 0 Å². The Morgan fingerprint density at radius 3 is 2.85 bits per heavy atom. The number of rotatable bonds is 6. The van der Waals surface area contributed by atoms with Crippen molar-refractivity contribution in [2.45, 2.75) is 57.3 Å². The molecule has 1 atom stereocenters. The van der Waals surface area contributed by atoms with Crippen molar-refractivity contribution in [2.24, 2.45) is 5.73 Å². The molecular formula is C18H26N6O2. The van der Waals surface area contributed by atoms with Crippen LogP contribution in [0.4, 0.5) is 0 Å². The van der Waals surface area contributed by atoms with Crippen molar-refractivity contribution in [2.75, 3.05) is 7.11 Å². The monoisotopic (exact) mass is 358 g/mol. The number of hydrogen-bond donors (Lipinski definition) is 2. The Kier molecular flexibility index (Phi) is 5.95. The van der Waals surface area contributed by atoms with Gasteiger partial charge in [0.05, 0.1) is 13.2 Å². The fraction of sp³-hybridized carbons (Fsp3) is 0.556. The molecule has 3 rings (SSSR count). The van der Waals surface area contributed by atoms with Gasteiger partial charge in [0.1, 0.15) is 6.54 Å². The van der Waals surface area contributed by atoms with E-state index in [1.54, 1.807) is 0 Å². The zero-order valence-corrected chi connectivity index (χ0v) is 15.3. The normalized spacial score (nSPS) is 21.3. The highest BCUT2D eigenvalue weighted by Crippen LogP contribution is 2.25. The lowest BCUT2D eigenvalue weighted by atomic mass is 9.90. The van der Waals surface area contributed by atoms with Gasteiger partial charge in [-0.15, -0.1) is 5.10 Å². The third-order valence-electron chi connectivity index (χ3n) is 4.87. The van der Waals surface area contributed by atoms with Gasteiger partial charge in [-0.1, -0.05) is 29.8 Å². The highest BCUT2D eigenvalue weighted by Gasteiger charge is 2.27. The van der Waals surface area contributed by atoms with Crippen molar-refractivity contribution in [1.82, 2.24) is 25.5 Å². The fourth-order valence-corrected chi connectivity index (χ4v) is 3.41. The number of tetrazole rings is 1. The van der Waals surface area contributed by atoms with Crippen molar-refractivity contribution >= 4 is 5.97 Å². The molecule has 2 aromatic rings. The molecule has 8 heteroatoms. The molecular weight excluding hydrogens is 332 g/mol. The Balaban J connectivity index is 1.88. The lowest BCUT2D eigenvalue weighted by molar-refractivity contribution is -0.141. The Labute approximate surface area is 153 Å². The topological polar surface area (TPSA) is 108 Å². The van der Waals surface area contributed by atoms with Crippen LogP contribution < -0.4 is 11.1 Å². The first-order valence-corrected chi connectivity index (χ1v) is 8.98. The molecule has 8 nitrogen and oxygen atoms in total. The van der Waals surface area contributed by atoms with E-state index in [2.05, 4.69) is 46.0 Å². The van der Waals surface area contributed by atoms with Crippen LogP contribution in [-0.2, 0) is 16.1 Å². The lowest BCUT2D eigenvalue weighted by Crippen LogP contribution is -2.40. The van der Waals surface area contributed by atoms with Crippen LogP contribution in [0.15, 0.2) is 24.3 Å². The minimum atomic E-state index is -0.384. The van der Waals surface area contributed by atoms with Crippen LogP contribution in [0, 0.1) is 6.92 Å². The predicted molar refractivity (Wildman–Crippen MR) is 96.2 cm³/mol. The molecule has 1 heterocycles. The first kappa shape index (κ1) is 18.5. The number of aromatic nitrogens is 4. The van der Waals surface area contributed by atoms with Crippen molar-refractivity contribution in [3.63, 3.8) is 0 Å². The Morgan fingerprint density at radius 2 is 2.15 bits per heavy atom. The van der Waals surface area contributed by atoms with Crippen LogP contribution in [0.1, 0.15) is 48.7 Å². The van der Waals surface area contributed by atoms with Crippen molar-refractivity contribution < 1.29 is 9.53 Å². The number of aryl methyl sites for hydroxylation is 1. The SMILES string of the molecule is COC(=O)Cn1nnnc1C(NC1CCC(N)CC1)c1cccc(C)c1. The molecule has 1 aliphatic carbocycles. The molecule has 0 spiro atoms. The summed E-state index contributed by atoms with van der Waals surface area (Å²) in [6.07, 6.45) is 4.04. The second-order valence-corrected chi connectivity index (χ2v) is 6.90. The Bertz CT molecular complexity index is 739. The molecule has 1 aliphatic rings. The third kappa shape index (κ3) is 4.44. The average Bonchev–Trinajstić information content (AvgIpc) is 3.08. The summed E-state index contributed by atoms with van der Waals surface area (Å²) in [7, 11) is 1.36. The smallest absolute Gasteiger partial charge is 0.327 e. The van der Waals surface area contributed by atoms with E-state index >= 15 is 0 Å². The van der Waals surface area contributed by atoms with Gasteiger partial charge in [0, 0.05) is 12.1 Å². The highest BCUT2D eigenvalue weighted by atomic mass is 16.5. The summed E-state index contributed by atoms with van der Waals surface area (Å²) in [6, 6.07) is 8.66. The largest absolute Gasteiger partial charge is 0.468 e. The fourth-order valence-electron chi connectivity index (χ4n) is 3.41. The molecule has 1 saturated carbocycles. The standard InChI is InChI=1S/C18H26N6O2/c1-12-4-3-5-13(10-12)17(20-15-8-6-14(19)7-9-15)18-21-22-23-24(18)11-16(25)26-2/h3-5,10,14-15,17,20H,6-9,11,19H2,1-2H3. The summed E-state index contributed by atoms with van der Waals surface area (Å²) in [5.74, 6) is 0.223. The first-order valence-electron chi connectivity index (χ1n) is 8.98. The summed E-state index contributed by atoms with van der Waals surface area (Å²) in [5, 5.41) is 15.6. The average molecular weight is 358 g/mol. The number of carbonyl (C=O) groups excluding carboxylic acids is 1. The number of hydrogen-bond acceptors (Lipinski definition) is 7. The van der Waals surface area contributed by atoms with Crippen molar-refractivity contribution in [1.29, 1.82) is 0 Å². The molecule has 1 fully saturated rings. The van der Waals surface area contributed by atoms with Crippen LogP contribution in [0.2, 0.25) is 0 Å². The zero-order chi connectivity index (χ0) is 18.5. The number of nitrogens with two attached hydrogens (primary N) is 1. The van der Waals surface area contributed by atoms with Gasteiger partial charge in [-0.2, -0.15) is 0 Å². The van der Waals surface area contributed by atoms with Gasteiger partial charge in [0.15, 0.2) is 5.82 Å². The molecule has 1 unspecified atom stereocenters. The molecule has 0 aliphatic heterocycles. The van der Waals surface area contributed by atoms with Gasteiger partial charge < -0.3 is 15.8 Å². The maximum atomic E-state index is 11.7. The van der Waals surface area contributed by atoms with Gasteiger partial charge in [-0.25, -0.2) is 4.68 Å². The maximum absolute atomic E-state index is 11.7. The molecule has 0 bridgehead atoms. The maximum Gasteiger partial charge on any atom is 0.327 e. The molecule has 0 saturated heterocycles. The molecule has 1 aromatic heterocycles. The number of nitrogens with one attached hydrogen (secondary N) is 1. The summed E-state index contributed by atoms with van der Waals surface area (Å²) in [4.78, 5) is 11.7. The summed E-state index contributed by atoms with van der Waals surface area (Å²) in [6.45, 7) is 2.04. The zero-order valence-electron chi connectivity index (χ0n) is 15.3. The second kappa shape index (κ2) is 8.37. The van der Waals surface area contributed by atoms with E-state index in [1.165, 1.54) is 11.8 Å². The van der Waals surface area contributed by atoms with Gasteiger partial charge >= 0.3 is 5.97 Å². The molecule has 0 radical (unpaired) electrons. The number of nitrogens with zero attached hydrogens (tertiary/aromatic N) is 4. The molecule has 26 heavy (non-hydrogen) atoms. The van der Waals surface area contributed by atoms with Gasteiger partial charge in [-0.05, 0) is 48.6 Å².